The van der Waals surface area contributed by atoms with Gasteiger partial charge < -0.3 is 53.0 Å². The van der Waals surface area contributed by atoms with Crippen molar-refractivity contribution in [3.8, 4) is 0 Å². The number of amides is 1. The number of cyclic esters (lactones) is 1. The minimum absolute atomic E-state index is 0.0505. The molecule has 68 heavy (non-hydrogen) atoms. The van der Waals surface area contributed by atoms with Gasteiger partial charge in [0.15, 0.2) is 0 Å². The summed E-state index contributed by atoms with van der Waals surface area (Å²) in [4.78, 5) is 52.4. The molecule has 0 aromatic carbocycles. The summed E-state index contributed by atoms with van der Waals surface area (Å²) in [5.74, 6) is -2.91. The first-order valence-corrected chi connectivity index (χ1v) is 24.0. The molecule has 2 N–H and O–H groups in total. The average molecular weight is 960 g/mol. The zero-order valence-electron chi connectivity index (χ0n) is 43.3. The highest BCUT2D eigenvalue weighted by atomic mass is 16.6. The Kier molecular flexibility index (Phi) is 27.9. The third-order valence-electron chi connectivity index (χ3n) is 13.8. The molecular formula is C53H85NO14. The Labute approximate surface area is 406 Å². The lowest BCUT2D eigenvalue weighted by Crippen LogP contribution is -2.46. The lowest BCUT2D eigenvalue weighted by molar-refractivity contribution is -0.160. The van der Waals surface area contributed by atoms with Crippen molar-refractivity contribution in [1.29, 1.82) is 0 Å². The third kappa shape index (κ3) is 19.5. The fourth-order valence-electron chi connectivity index (χ4n) is 9.13. The number of esters is 2. The maximum Gasteiger partial charge on any atom is 0.331 e. The van der Waals surface area contributed by atoms with Crippen molar-refractivity contribution in [2.75, 3.05) is 49.7 Å². The van der Waals surface area contributed by atoms with Gasteiger partial charge in [0.2, 0.25) is 6.41 Å². The van der Waals surface area contributed by atoms with E-state index in [1.807, 2.05) is 78.8 Å². The molecule has 15 nitrogen and oxygen atoms in total. The summed E-state index contributed by atoms with van der Waals surface area (Å²) in [5, 5.41) is 23.0. The summed E-state index contributed by atoms with van der Waals surface area (Å²) in [6, 6.07) is 0. The van der Waals surface area contributed by atoms with Gasteiger partial charge in [-0.05, 0) is 44.1 Å². The van der Waals surface area contributed by atoms with E-state index in [2.05, 4.69) is 0 Å². The van der Waals surface area contributed by atoms with Crippen molar-refractivity contribution in [2.45, 2.75) is 154 Å². The van der Waals surface area contributed by atoms with Gasteiger partial charge in [-0.2, -0.15) is 0 Å². The van der Waals surface area contributed by atoms with E-state index >= 15 is 0 Å². The SMILES string of the molecule is CO[C@H]1CC2=CC(=O)O[C@H]([C@H](C)[C@@H](OC)C[C@@H](OC)/C=C/[C@H](C)[C@@H](O)C[C@@H](OC)/C=C/[C@H](C)[C@H]([C@H](C)[C@H](OC)[C@H](C)CCC(=O)[C@H](C)[C@H](C/C=C/N(C)C=O)OC)OC(=O)/C=C/C=C(\C)C1)[C@@H]2O. The number of hydrogen-bond acceptors (Lipinski definition) is 14. The predicted octanol–water partition coefficient (Wildman–Crippen LogP) is 6.91. The van der Waals surface area contributed by atoms with Gasteiger partial charge in [-0.1, -0.05) is 89.6 Å². The Morgan fingerprint density at radius 2 is 1.50 bits per heavy atom. The van der Waals surface area contributed by atoms with Gasteiger partial charge in [-0.25, -0.2) is 9.59 Å². The van der Waals surface area contributed by atoms with Crippen LogP contribution in [-0.4, -0.2) is 150 Å². The number of Topliss-reactive ketones (excluding diaryl/α,β-unsaturated/α-hetero) is 1. The highest BCUT2D eigenvalue weighted by molar-refractivity contribution is 5.84. The second-order valence-electron chi connectivity index (χ2n) is 18.8. The average Bonchev–Trinajstić information content (AvgIpc) is 3.32. The van der Waals surface area contributed by atoms with Crippen LogP contribution in [0.1, 0.15) is 93.4 Å². The van der Waals surface area contributed by atoms with Gasteiger partial charge in [-0.3, -0.25) is 9.59 Å². The van der Waals surface area contributed by atoms with Gasteiger partial charge in [0, 0.05) is 117 Å². The molecule has 0 fully saturated rings. The second kappa shape index (κ2) is 31.4. The molecule has 2 bridgehead atoms. The highest BCUT2D eigenvalue weighted by Gasteiger charge is 2.40. The third-order valence-corrected chi connectivity index (χ3v) is 13.8. The van der Waals surface area contributed by atoms with Gasteiger partial charge in [-0.15, -0.1) is 0 Å². The molecule has 2 rings (SSSR count). The summed E-state index contributed by atoms with van der Waals surface area (Å²) in [5.41, 5.74) is 1.38. The minimum Gasteiger partial charge on any atom is -0.458 e. The van der Waals surface area contributed by atoms with E-state index in [9.17, 15) is 29.4 Å². The molecule has 16 atom stereocenters. The smallest absolute Gasteiger partial charge is 0.331 e. The summed E-state index contributed by atoms with van der Waals surface area (Å²) in [7, 11) is 11.1. The zero-order valence-corrected chi connectivity index (χ0v) is 43.3. The van der Waals surface area contributed by atoms with E-state index in [0.717, 1.165) is 5.57 Å². The quantitative estimate of drug-likeness (QED) is 0.0821. The molecule has 0 unspecified atom stereocenters. The predicted molar refractivity (Wildman–Crippen MR) is 261 cm³/mol. The molecule has 386 valence electrons. The maximum atomic E-state index is 13.7. The van der Waals surface area contributed by atoms with E-state index < -0.39 is 72.8 Å². The Bertz CT molecular complexity index is 1720. The van der Waals surface area contributed by atoms with Crippen LogP contribution in [0, 0.1) is 35.5 Å². The van der Waals surface area contributed by atoms with E-state index in [0.29, 0.717) is 44.1 Å². The fourth-order valence-corrected chi connectivity index (χ4v) is 9.13. The van der Waals surface area contributed by atoms with Crippen molar-refractivity contribution >= 4 is 24.1 Å². The molecule has 0 saturated heterocycles. The number of carbonyl (C=O) groups excluding carboxylic acids is 4. The molecule has 2 heterocycles. The van der Waals surface area contributed by atoms with Gasteiger partial charge in [0.25, 0.3) is 0 Å². The largest absolute Gasteiger partial charge is 0.458 e. The standard InChI is InChI=1S/C53H85NO14/c1-33-17-15-19-48(58)67-52(39(7)51(66-14)35(3)22-25-44(56)37(5)46(64-12)18-16-26-54(8)32-55)36(4)21-24-41(61-9)30-45(57)34(2)20-23-42(62-10)31-47(65-13)38(6)53-50(60)40(29-49(59)68-53)28-43(27-33)63-11/h15-17,19-21,23-24,26,29,32,34-39,41-43,45-47,50-53,57,60H,18,22,25,27-28,30-31H2,1-14H3/b19-15+,23-20+,24-21+,26-16+,33-17+/t34-,35+,36-,37-,38+,39+,41-,42-,43+,45-,46-,47-,50+,51+,52+,53+/m0/s1. The Balaban J connectivity index is 2.49. The molecule has 0 radical (unpaired) electrons. The van der Waals surface area contributed by atoms with Crippen molar-refractivity contribution in [1.82, 2.24) is 4.90 Å². The van der Waals surface area contributed by atoms with Gasteiger partial charge >= 0.3 is 11.9 Å². The summed E-state index contributed by atoms with van der Waals surface area (Å²) in [6.45, 7) is 13.5. The molecule has 0 aliphatic carbocycles. The van der Waals surface area contributed by atoms with Crippen LogP contribution in [0.15, 0.2) is 72.0 Å². The van der Waals surface area contributed by atoms with Gasteiger partial charge in [0.05, 0.1) is 42.7 Å². The van der Waals surface area contributed by atoms with Crippen molar-refractivity contribution in [3.63, 3.8) is 0 Å². The minimum atomic E-state index is -1.10. The molecule has 1 amide bonds. The van der Waals surface area contributed by atoms with Crippen LogP contribution in [0.3, 0.4) is 0 Å². The van der Waals surface area contributed by atoms with Crippen LogP contribution in [0.5, 0.6) is 0 Å². The monoisotopic (exact) mass is 960 g/mol. The molecular weight excluding hydrogens is 875 g/mol. The summed E-state index contributed by atoms with van der Waals surface area (Å²) in [6.07, 6.45) is 14.6. The fraction of sp³-hybridized carbons (Fsp3) is 0.698. The molecule has 0 saturated carbocycles. The van der Waals surface area contributed by atoms with Crippen molar-refractivity contribution in [2.24, 2.45) is 35.5 Å². The molecule has 0 aromatic heterocycles. The lowest BCUT2D eigenvalue weighted by atomic mass is 9.81. The summed E-state index contributed by atoms with van der Waals surface area (Å²) >= 11 is 0. The number of ketones is 1. The normalized spacial score (nSPS) is 33.0. The number of allylic oxidation sites excluding steroid dienone is 2. The molecule has 2 aliphatic rings. The van der Waals surface area contributed by atoms with Crippen LogP contribution >= 0.6 is 0 Å². The number of fused-ring (bicyclic) bond motifs is 2. The van der Waals surface area contributed by atoms with Gasteiger partial charge in [0.1, 0.15) is 24.1 Å². The maximum absolute atomic E-state index is 13.7. The first-order chi connectivity index (χ1) is 32.3. The number of aliphatic hydroxyl groups is 2. The number of rotatable bonds is 18. The number of nitrogens with zero attached hydrogens (tertiary/aromatic N) is 1. The Hall–Kier alpha value is -3.80. The molecule has 2 aliphatic heterocycles. The molecule has 0 spiro atoms. The Morgan fingerprint density at radius 3 is 2.09 bits per heavy atom. The van der Waals surface area contributed by atoms with E-state index in [1.54, 1.807) is 68.1 Å². The van der Waals surface area contributed by atoms with Crippen molar-refractivity contribution in [3.05, 3.63) is 72.0 Å². The number of carbonyl (C=O) groups is 4. The first-order valence-electron chi connectivity index (χ1n) is 24.0. The van der Waals surface area contributed by atoms with E-state index in [-0.39, 0.29) is 54.3 Å². The van der Waals surface area contributed by atoms with Crippen molar-refractivity contribution < 1.29 is 67.3 Å². The van der Waals surface area contributed by atoms with Crippen LogP contribution in [0.25, 0.3) is 0 Å². The lowest BCUT2D eigenvalue weighted by Gasteiger charge is -2.37. The van der Waals surface area contributed by atoms with Crippen LogP contribution in [0.4, 0.5) is 0 Å². The number of aliphatic hydroxyl groups excluding tert-OH is 2. The van der Waals surface area contributed by atoms with Crippen LogP contribution < -0.4 is 0 Å². The molecule has 0 aromatic rings. The highest BCUT2D eigenvalue weighted by Crippen LogP contribution is 2.33. The number of ether oxygens (including phenoxy) is 8. The Morgan fingerprint density at radius 1 is 0.853 bits per heavy atom. The van der Waals surface area contributed by atoms with Crippen LogP contribution in [0.2, 0.25) is 0 Å². The van der Waals surface area contributed by atoms with Crippen LogP contribution in [-0.2, 0) is 57.1 Å². The van der Waals surface area contributed by atoms with E-state index in [1.165, 1.54) is 17.1 Å². The summed E-state index contributed by atoms with van der Waals surface area (Å²) < 4.78 is 47.1. The topological polar surface area (TPSA) is 186 Å². The molecule has 15 heteroatoms. The number of methoxy groups -OCH3 is 6. The first kappa shape index (κ1) is 60.3. The number of hydrogen-bond donors (Lipinski definition) is 2. The van der Waals surface area contributed by atoms with E-state index in [4.69, 9.17) is 37.9 Å². The second-order valence-corrected chi connectivity index (χ2v) is 18.8. The zero-order chi connectivity index (χ0) is 51.1.